The number of halogens is 3. The van der Waals surface area contributed by atoms with Crippen molar-refractivity contribution in [3.05, 3.63) is 52.9 Å². The molecule has 0 atom stereocenters. The Bertz CT molecular complexity index is 782. The van der Waals surface area contributed by atoms with Crippen molar-refractivity contribution in [1.82, 2.24) is 4.98 Å². The molecule has 1 aromatic heterocycles. The summed E-state index contributed by atoms with van der Waals surface area (Å²) in [5.41, 5.74) is 1.80. The van der Waals surface area contributed by atoms with Gasteiger partial charge in [0.25, 0.3) is 0 Å². The van der Waals surface area contributed by atoms with E-state index in [2.05, 4.69) is 4.98 Å². The van der Waals surface area contributed by atoms with E-state index in [0.717, 1.165) is 24.5 Å². The average molecular weight is 337 g/mol. The van der Waals surface area contributed by atoms with Crippen LogP contribution in [-0.2, 0) is 6.42 Å². The molecule has 0 radical (unpaired) electrons. The van der Waals surface area contributed by atoms with Crippen molar-refractivity contribution in [2.24, 2.45) is 0 Å². The van der Waals surface area contributed by atoms with Crippen LogP contribution < -0.4 is 0 Å². The van der Waals surface area contributed by atoms with Gasteiger partial charge in [0, 0.05) is 17.1 Å². The minimum Gasteiger partial charge on any atom is -0.515 e. The molecule has 0 bridgehead atoms. The second-order valence-corrected chi connectivity index (χ2v) is 6.03. The van der Waals surface area contributed by atoms with Crippen molar-refractivity contribution >= 4 is 16.5 Å². The molecule has 0 aliphatic heterocycles. The summed E-state index contributed by atoms with van der Waals surface area (Å²) in [5, 5.41) is 9.65. The number of aliphatic hydroxyl groups is 1. The smallest absolute Gasteiger partial charge is 0.417 e. The van der Waals surface area contributed by atoms with Crippen molar-refractivity contribution in [2.75, 3.05) is 0 Å². The Morgan fingerprint density at radius 3 is 2.58 bits per heavy atom. The molecule has 0 unspecified atom stereocenters. The van der Waals surface area contributed by atoms with Crippen LogP contribution in [0.5, 0.6) is 0 Å². The van der Waals surface area contributed by atoms with Crippen LogP contribution in [-0.4, -0.2) is 16.3 Å². The Hall–Kier alpha value is -2.17. The normalized spacial score (nSPS) is 13.8. The number of hydrogen-bond acceptors (Lipinski definition) is 1. The number of alkyl halides is 3. The number of aryl methyl sites for hydroxylation is 2. The lowest BCUT2D eigenvalue weighted by Crippen LogP contribution is -2.13. The predicted molar refractivity (Wildman–Crippen MR) is 92.1 cm³/mol. The molecule has 2 N–H and O–H groups in total. The molecule has 0 aliphatic carbocycles. The van der Waals surface area contributed by atoms with Gasteiger partial charge in [-0.2, -0.15) is 13.2 Å². The predicted octanol–water partition coefficient (Wildman–Crippen LogP) is 6.23. The van der Waals surface area contributed by atoms with Crippen molar-refractivity contribution in [1.29, 1.82) is 0 Å². The van der Waals surface area contributed by atoms with Gasteiger partial charge in [0.15, 0.2) is 0 Å². The van der Waals surface area contributed by atoms with Crippen LogP contribution in [0.1, 0.15) is 43.4 Å². The maximum absolute atomic E-state index is 13.8. The Kier molecular flexibility index (Phi) is 5.42. The molecule has 1 aromatic carbocycles. The lowest BCUT2D eigenvalue weighted by Gasteiger charge is -2.18. The number of unbranched alkanes of at least 4 members (excludes halogenated alkanes) is 1. The summed E-state index contributed by atoms with van der Waals surface area (Å²) >= 11 is 0. The van der Waals surface area contributed by atoms with Gasteiger partial charge in [-0.05, 0) is 61.1 Å². The van der Waals surface area contributed by atoms with Gasteiger partial charge >= 0.3 is 6.18 Å². The molecular weight excluding hydrogens is 315 g/mol. The standard InChI is InChI=1S/C19H22F3NO/c1-4-5-6-14-7-8-16-17(13(3)10-23-16)18(14)15(19(20,21)22)9-12(2)11-24/h7-11,23-24H,4-6H2,1-3H3/b12-11+,15-9+. The van der Waals surface area contributed by atoms with E-state index in [1.165, 1.54) is 6.92 Å². The second-order valence-electron chi connectivity index (χ2n) is 6.03. The monoisotopic (exact) mass is 337 g/mol. The third-order valence-electron chi connectivity index (χ3n) is 4.08. The Balaban J connectivity index is 2.82. The van der Waals surface area contributed by atoms with Gasteiger partial charge in [0.1, 0.15) is 0 Å². The first-order chi connectivity index (χ1) is 11.3. The number of aliphatic hydroxyl groups excluding tert-OH is 1. The number of nitrogens with one attached hydrogen (secondary N) is 1. The molecule has 0 amide bonds. The van der Waals surface area contributed by atoms with Gasteiger partial charge in [0.05, 0.1) is 11.8 Å². The van der Waals surface area contributed by atoms with Crippen LogP contribution in [0.15, 0.2) is 36.2 Å². The van der Waals surface area contributed by atoms with Crippen LogP contribution in [0.4, 0.5) is 13.2 Å². The largest absolute Gasteiger partial charge is 0.515 e. The average Bonchev–Trinajstić information content (AvgIpc) is 2.90. The third kappa shape index (κ3) is 3.66. The summed E-state index contributed by atoms with van der Waals surface area (Å²) in [6, 6.07) is 3.60. The number of rotatable bonds is 5. The van der Waals surface area contributed by atoms with Crippen molar-refractivity contribution < 1.29 is 18.3 Å². The number of hydrogen-bond donors (Lipinski definition) is 2. The van der Waals surface area contributed by atoms with Crippen LogP contribution in [0.3, 0.4) is 0 Å². The van der Waals surface area contributed by atoms with Gasteiger partial charge < -0.3 is 10.1 Å². The quantitative estimate of drug-likeness (QED) is 0.492. The Labute approximate surface area is 139 Å². The highest BCUT2D eigenvalue weighted by atomic mass is 19.4. The molecule has 5 heteroatoms. The summed E-state index contributed by atoms with van der Waals surface area (Å²) in [4.78, 5) is 3.03. The molecule has 24 heavy (non-hydrogen) atoms. The van der Waals surface area contributed by atoms with Crippen molar-refractivity contribution in [3.63, 3.8) is 0 Å². The summed E-state index contributed by atoms with van der Waals surface area (Å²) in [6.07, 6.45) is 1.23. The van der Waals surface area contributed by atoms with Gasteiger partial charge in [-0.3, -0.25) is 0 Å². The van der Waals surface area contributed by atoms with Crippen LogP contribution >= 0.6 is 0 Å². The molecule has 0 spiro atoms. The first-order valence-electron chi connectivity index (χ1n) is 7.99. The third-order valence-corrected chi connectivity index (χ3v) is 4.08. The maximum Gasteiger partial charge on any atom is 0.417 e. The van der Waals surface area contributed by atoms with Gasteiger partial charge in [-0.1, -0.05) is 19.4 Å². The molecule has 2 nitrogen and oxygen atoms in total. The SMILES string of the molecule is CCCCc1ccc2[nH]cc(C)c2c1/C(=C\C(C)=C\O)C(F)(F)F. The van der Waals surface area contributed by atoms with Crippen molar-refractivity contribution in [2.45, 2.75) is 46.2 Å². The lowest BCUT2D eigenvalue weighted by atomic mass is 9.90. The van der Waals surface area contributed by atoms with Crippen LogP contribution in [0.2, 0.25) is 0 Å². The zero-order chi connectivity index (χ0) is 17.9. The molecule has 0 saturated carbocycles. The topological polar surface area (TPSA) is 36.0 Å². The van der Waals surface area contributed by atoms with Crippen LogP contribution in [0, 0.1) is 6.92 Å². The molecule has 2 rings (SSSR count). The van der Waals surface area contributed by atoms with E-state index in [0.29, 0.717) is 29.1 Å². The molecular formula is C19H22F3NO. The van der Waals surface area contributed by atoms with Crippen LogP contribution in [0.25, 0.3) is 16.5 Å². The summed E-state index contributed by atoms with van der Waals surface area (Å²) in [7, 11) is 0. The fourth-order valence-electron chi connectivity index (χ4n) is 2.88. The first kappa shape index (κ1) is 18.2. The lowest BCUT2D eigenvalue weighted by molar-refractivity contribution is -0.0689. The number of benzene rings is 1. The number of aromatic nitrogens is 1. The van der Waals surface area contributed by atoms with E-state index < -0.39 is 11.7 Å². The molecule has 1 heterocycles. The zero-order valence-corrected chi connectivity index (χ0v) is 14.1. The fraction of sp³-hybridized carbons (Fsp3) is 0.368. The zero-order valence-electron chi connectivity index (χ0n) is 14.1. The van der Waals surface area contributed by atoms with E-state index in [-0.39, 0.29) is 11.1 Å². The number of H-pyrrole nitrogens is 1. The highest BCUT2D eigenvalue weighted by Crippen LogP contribution is 2.41. The summed E-state index contributed by atoms with van der Waals surface area (Å²) < 4.78 is 41.3. The minimum absolute atomic E-state index is 0.161. The second kappa shape index (κ2) is 7.16. The highest BCUT2D eigenvalue weighted by molar-refractivity contribution is 5.97. The first-order valence-corrected chi connectivity index (χ1v) is 7.99. The van der Waals surface area contributed by atoms with E-state index in [1.807, 2.05) is 13.0 Å². The minimum atomic E-state index is -4.51. The van der Waals surface area contributed by atoms with Gasteiger partial charge in [-0.15, -0.1) is 0 Å². The molecule has 0 aliphatic rings. The maximum atomic E-state index is 13.8. The molecule has 2 aromatic rings. The number of aromatic amines is 1. The van der Waals surface area contributed by atoms with Gasteiger partial charge in [0.2, 0.25) is 0 Å². The van der Waals surface area contributed by atoms with Gasteiger partial charge in [-0.25, -0.2) is 0 Å². The van der Waals surface area contributed by atoms with E-state index in [4.69, 9.17) is 5.11 Å². The summed E-state index contributed by atoms with van der Waals surface area (Å²) in [5.74, 6) is 0. The molecule has 0 fully saturated rings. The molecule has 0 saturated heterocycles. The Morgan fingerprint density at radius 1 is 1.29 bits per heavy atom. The highest BCUT2D eigenvalue weighted by Gasteiger charge is 2.37. The number of allylic oxidation sites excluding steroid dienone is 3. The summed E-state index contributed by atoms with van der Waals surface area (Å²) in [6.45, 7) is 5.26. The van der Waals surface area contributed by atoms with Crippen molar-refractivity contribution in [3.8, 4) is 0 Å². The van der Waals surface area contributed by atoms with E-state index >= 15 is 0 Å². The molecule has 130 valence electrons. The number of fused-ring (bicyclic) bond motifs is 1. The van der Waals surface area contributed by atoms with E-state index in [1.54, 1.807) is 19.2 Å². The van der Waals surface area contributed by atoms with E-state index in [9.17, 15) is 13.2 Å². The Morgan fingerprint density at radius 2 is 2.00 bits per heavy atom. The fourth-order valence-corrected chi connectivity index (χ4v) is 2.88.